The van der Waals surface area contributed by atoms with E-state index in [1.807, 2.05) is 28.8 Å². The van der Waals surface area contributed by atoms with Gasteiger partial charge in [0.25, 0.3) is 0 Å². The van der Waals surface area contributed by atoms with Crippen molar-refractivity contribution in [3.8, 4) is 0 Å². The molecule has 1 heterocycles. The minimum Gasteiger partial charge on any atom is -0.383 e. The normalized spacial score (nSPS) is 12.8. The number of aryl methyl sites for hydroxylation is 1. The molecule has 0 spiro atoms. The molecule has 2 aromatic rings. The van der Waals surface area contributed by atoms with Gasteiger partial charge in [0, 0.05) is 31.6 Å². The molecule has 26 heavy (non-hydrogen) atoms. The molecule has 0 aliphatic carbocycles. The Kier molecular flexibility index (Phi) is 8.37. The first-order valence-corrected chi connectivity index (χ1v) is 9.17. The Morgan fingerprint density at radius 1 is 1.42 bits per heavy atom. The minimum absolute atomic E-state index is 0.0728. The van der Waals surface area contributed by atoms with Gasteiger partial charge in [-0.3, -0.25) is 4.99 Å². The number of aliphatic imine (C=N–C) groups is 1. The molecule has 1 atom stereocenters. The molecule has 8 heteroatoms. The molecule has 0 saturated heterocycles. The quantitative estimate of drug-likeness (QED) is 0.398. The van der Waals surface area contributed by atoms with E-state index in [0.29, 0.717) is 19.7 Å². The molecule has 0 aliphatic heterocycles. The summed E-state index contributed by atoms with van der Waals surface area (Å²) in [6.07, 6.45) is 2.61. The summed E-state index contributed by atoms with van der Waals surface area (Å²) in [5.74, 6) is 1.71. The van der Waals surface area contributed by atoms with E-state index in [-0.39, 0.29) is 6.04 Å². The van der Waals surface area contributed by atoms with Crippen LogP contribution in [0, 0.1) is 0 Å². The highest BCUT2D eigenvalue weighted by atomic mass is 35.5. The second-order valence-electron chi connectivity index (χ2n) is 5.87. The number of halogens is 1. The monoisotopic (exact) mass is 378 g/mol. The lowest BCUT2D eigenvalue weighted by atomic mass is 10.1. The lowest BCUT2D eigenvalue weighted by Crippen LogP contribution is -2.40. The highest BCUT2D eigenvalue weighted by molar-refractivity contribution is 6.30. The number of guanidine groups is 1. The molecule has 0 bridgehead atoms. The van der Waals surface area contributed by atoms with Crippen LogP contribution in [0.2, 0.25) is 5.02 Å². The summed E-state index contributed by atoms with van der Waals surface area (Å²) in [4.78, 5) is 4.56. The third kappa shape index (κ3) is 6.31. The van der Waals surface area contributed by atoms with E-state index in [1.165, 1.54) is 0 Å². The van der Waals surface area contributed by atoms with E-state index >= 15 is 0 Å². The van der Waals surface area contributed by atoms with Gasteiger partial charge in [0.05, 0.1) is 19.2 Å². The third-order valence-electron chi connectivity index (χ3n) is 3.92. The van der Waals surface area contributed by atoms with Crippen molar-refractivity contribution < 1.29 is 4.74 Å². The van der Waals surface area contributed by atoms with E-state index in [0.717, 1.165) is 35.3 Å². The number of benzene rings is 1. The Bertz CT molecular complexity index is 702. The molecule has 2 N–H and O–H groups in total. The fraction of sp³-hybridized carbons (Fsp3) is 0.500. The molecule has 1 unspecified atom stereocenters. The molecular weight excluding hydrogens is 352 g/mol. The molecule has 0 aliphatic rings. The van der Waals surface area contributed by atoms with Gasteiger partial charge < -0.3 is 19.9 Å². The average Bonchev–Trinajstić information content (AvgIpc) is 3.09. The van der Waals surface area contributed by atoms with Crippen molar-refractivity contribution in [3.05, 3.63) is 47.0 Å². The molecule has 1 aromatic heterocycles. The molecule has 2 rings (SSSR count). The Labute approximate surface area is 159 Å². The van der Waals surface area contributed by atoms with Crippen LogP contribution in [0.25, 0.3) is 0 Å². The molecule has 0 fully saturated rings. The molecular formula is C18H27ClN6O. The molecule has 0 amide bonds. The first-order chi connectivity index (χ1) is 12.6. The summed E-state index contributed by atoms with van der Waals surface area (Å²) in [6, 6.07) is 7.89. The van der Waals surface area contributed by atoms with Gasteiger partial charge in [-0.2, -0.15) is 0 Å². The molecule has 7 nitrogen and oxygen atoms in total. The predicted molar refractivity (Wildman–Crippen MR) is 105 cm³/mol. The SMILES string of the molecule is CCc1nncn1CCNC(=NCCOC)NC(C)c1cccc(Cl)c1. The second kappa shape index (κ2) is 10.8. The summed E-state index contributed by atoms with van der Waals surface area (Å²) < 4.78 is 7.13. The maximum atomic E-state index is 6.09. The number of rotatable bonds is 9. The van der Waals surface area contributed by atoms with Gasteiger partial charge in [-0.15, -0.1) is 10.2 Å². The molecule has 142 valence electrons. The van der Waals surface area contributed by atoms with Crippen LogP contribution < -0.4 is 10.6 Å². The first kappa shape index (κ1) is 20.2. The largest absolute Gasteiger partial charge is 0.383 e. The zero-order valence-corrected chi connectivity index (χ0v) is 16.3. The maximum absolute atomic E-state index is 6.09. The van der Waals surface area contributed by atoms with Crippen LogP contribution in [0.4, 0.5) is 0 Å². The Hall–Kier alpha value is -2.12. The predicted octanol–water partition coefficient (Wildman–Crippen LogP) is 2.44. The van der Waals surface area contributed by atoms with Crippen LogP contribution in [0.3, 0.4) is 0 Å². The smallest absolute Gasteiger partial charge is 0.191 e. The van der Waals surface area contributed by atoms with Crippen LogP contribution >= 0.6 is 11.6 Å². The standard InChI is InChI=1S/C18H27ClN6O/c1-4-17-24-22-13-25(17)10-8-20-18(21-9-11-26-3)23-14(2)15-6-5-7-16(19)12-15/h5-7,12-14H,4,8-11H2,1-3H3,(H2,20,21,23). The summed E-state index contributed by atoms with van der Waals surface area (Å²) in [7, 11) is 1.67. The van der Waals surface area contributed by atoms with Crippen molar-refractivity contribution in [1.29, 1.82) is 0 Å². The van der Waals surface area contributed by atoms with Crippen molar-refractivity contribution in [1.82, 2.24) is 25.4 Å². The number of nitrogens with one attached hydrogen (secondary N) is 2. The lowest BCUT2D eigenvalue weighted by Gasteiger charge is -2.19. The lowest BCUT2D eigenvalue weighted by molar-refractivity contribution is 0.208. The van der Waals surface area contributed by atoms with Gasteiger partial charge in [-0.1, -0.05) is 30.7 Å². The summed E-state index contributed by atoms with van der Waals surface area (Å²) in [5.41, 5.74) is 1.10. The molecule has 1 aromatic carbocycles. The Morgan fingerprint density at radius 3 is 3.00 bits per heavy atom. The third-order valence-corrected chi connectivity index (χ3v) is 4.16. The van der Waals surface area contributed by atoms with Crippen LogP contribution in [-0.4, -0.2) is 47.5 Å². The molecule has 0 radical (unpaired) electrons. The van der Waals surface area contributed by atoms with Crippen LogP contribution in [-0.2, 0) is 17.7 Å². The number of hydrogen-bond acceptors (Lipinski definition) is 4. The van der Waals surface area contributed by atoms with Gasteiger partial charge in [-0.05, 0) is 24.6 Å². The number of methoxy groups -OCH3 is 1. The van der Waals surface area contributed by atoms with Crippen LogP contribution in [0.5, 0.6) is 0 Å². The number of hydrogen-bond donors (Lipinski definition) is 2. The van der Waals surface area contributed by atoms with Gasteiger partial charge in [0.15, 0.2) is 5.96 Å². The minimum atomic E-state index is 0.0728. The fourth-order valence-electron chi connectivity index (χ4n) is 2.50. The van der Waals surface area contributed by atoms with Crippen molar-refractivity contribution in [2.75, 3.05) is 26.8 Å². The maximum Gasteiger partial charge on any atom is 0.191 e. The molecule has 0 saturated carbocycles. The highest BCUT2D eigenvalue weighted by Gasteiger charge is 2.09. The fourth-order valence-corrected chi connectivity index (χ4v) is 2.70. The second-order valence-corrected chi connectivity index (χ2v) is 6.30. The van der Waals surface area contributed by atoms with Crippen molar-refractivity contribution in [2.45, 2.75) is 32.9 Å². The number of ether oxygens (including phenoxy) is 1. The summed E-state index contributed by atoms with van der Waals surface area (Å²) in [6.45, 7) is 6.79. The van der Waals surface area contributed by atoms with Gasteiger partial charge in [0.2, 0.25) is 0 Å². The number of aromatic nitrogens is 3. The average molecular weight is 379 g/mol. The Balaban J connectivity index is 1.95. The zero-order valence-electron chi connectivity index (χ0n) is 15.6. The Morgan fingerprint density at radius 2 is 2.27 bits per heavy atom. The van der Waals surface area contributed by atoms with E-state index in [2.05, 4.69) is 39.7 Å². The van der Waals surface area contributed by atoms with Gasteiger partial charge >= 0.3 is 0 Å². The zero-order chi connectivity index (χ0) is 18.8. The summed E-state index contributed by atoms with van der Waals surface area (Å²) >= 11 is 6.09. The van der Waals surface area contributed by atoms with Crippen molar-refractivity contribution >= 4 is 17.6 Å². The number of nitrogens with zero attached hydrogens (tertiary/aromatic N) is 4. The highest BCUT2D eigenvalue weighted by Crippen LogP contribution is 2.17. The van der Waals surface area contributed by atoms with E-state index in [4.69, 9.17) is 16.3 Å². The van der Waals surface area contributed by atoms with E-state index < -0.39 is 0 Å². The topological polar surface area (TPSA) is 76.4 Å². The van der Waals surface area contributed by atoms with Crippen LogP contribution in [0.1, 0.15) is 31.3 Å². The van der Waals surface area contributed by atoms with Crippen LogP contribution in [0.15, 0.2) is 35.6 Å². The van der Waals surface area contributed by atoms with E-state index in [1.54, 1.807) is 13.4 Å². The first-order valence-electron chi connectivity index (χ1n) is 8.80. The summed E-state index contributed by atoms with van der Waals surface area (Å²) in [5, 5.41) is 15.6. The van der Waals surface area contributed by atoms with E-state index in [9.17, 15) is 0 Å². The van der Waals surface area contributed by atoms with Crippen molar-refractivity contribution in [2.24, 2.45) is 4.99 Å². The van der Waals surface area contributed by atoms with Crippen molar-refractivity contribution in [3.63, 3.8) is 0 Å². The van der Waals surface area contributed by atoms with Gasteiger partial charge in [0.1, 0.15) is 12.2 Å². The van der Waals surface area contributed by atoms with Gasteiger partial charge in [-0.25, -0.2) is 0 Å².